The molecule has 1 aliphatic carbocycles. The van der Waals surface area contributed by atoms with Crippen molar-refractivity contribution in [2.24, 2.45) is 5.73 Å². The van der Waals surface area contributed by atoms with Crippen LogP contribution in [-0.4, -0.2) is 11.4 Å². The molecule has 1 aromatic rings. The summed E-state index contributed by atoms with van der Waals surface area (Å²) in [6.07, 6.45) is 4.72. The second-order valence-electron chi connectivity index (χ2n) is 4.73. The van der Waals surface area contributed by atoms with E-state index in [2.05, 4.69) is 21.2 Å². The summed E-state index contributed by atoms with van der Waals surface area (Å²) in [7, 11) is 0. The van der Waals surface area contributed by atoms with E-state index >= 15 is 0 Å². The molecule has 0 atom stereocenters. The van der Waals surface area contributed by atoms with Crippen molar-refractivity contribution in [2.75, 3.05) is 0 Å². The molecule has 5 heteroatoms. The first-order valence-corrected chi connectivity index (χ1v) is 7.48. The summed E-state index contributed by atoms with van der Waals surface area (Å²) >= 11 is 5.05. The van der Waals surface area contributed by atoms with E-state index in [0.29, 0.717) is 13.0 Å². The van der Waals surface area contributed by atoms with Crippen molar-refractivity contribution in [2.45, 2.75) is 44.2 Å². The minimum Gasteiger partial charge on any atom is -0.351 e. The van der Waals surface area contributed by atoms with E-state index in [9.17, 15) is 4.79 Å². The number of hydrogen-bond acceptors (Lipinski definition) is 3. The van der Waals surface area contributed by atoms with E-state index in [0.717, 1.165) is 34.3 Å². The molecule has 1 saturated carbocycles. The van der Waals surface area contributed by atoms with Gasteiger partial charge >= 0.3 is 0 Å². The number of nitrogens with two attached hydrogens (primary N) is 1. The summed E-state index contributed by atoms with van der Waals surface area (Å²) in [6.45, 7) is 0.602. The Morgan fingerprint density at radius 3 is 2.76 bits per heavy atom. The zero-order valence-corrected chi connectivity index (χ0v) is 12.1. The van der Waals surface area contributed by atoms with Gasteiger partial charge < -0.3 is 11.1 Å². The first kappa shape index (κ1) is 13.1. The van der Waals surface area contributed by atoms with Crippen LogP contribution in [0.5, 0.6) is 0 Å². The Balaban J connectivity index is 1.77. The van der Waals surface area contributed by atoms with Gasteiger partial charge in [0, 0.05) is 16.8 Å². The largest absolute Gasteiger partial charge is 0.351 e. The maximum atomic E-state index is 11.8. The normalized spacial score (nSPS) is 18.2. The first-order valence-electron chi connectivity index (χ1n) is 5.87. The van der Waals surface area contributed by atoms with Crippen molar-refractivity contribution in [3.8, 4) is 0 Å². The quantitative estimate of drug-likeness (QED) is 0.897. The third kappa shape index (κ3) is 3.79. The number of amides is 1. The van der Waals surface area contributed by atoms with E-state index in [1.54, 1.807) is 11.3 Å². The number of nitrogens with one attached hydrogen (secondary N) is 1. The molecule has 2 rings (SSSR count). The Bertz CT molecular complexity index is 399. The minimum atomic E-state index is -0.250. The van der Waals surface area contributed by atoms with Gasteiger partial charge in [0.05, 0.1) is 10.3 Å². The molecule has 94 valence electrons. The van der Waals surface area contributed by atoms with Crippen LogP contribution in [0.15, 0.2) is 15.9 Å². The maximum Gasteiger partial charge on any atom is 0.222 e. The van der Waals surface area contributed by atoms with Gasteiger partial charge in [-0.3, -0.25) is 4.79 Å². The average Bonchev–Trinajstić information content (AvgIpc) is 2.85. The molecule has 0 spiro atoms. The van der Waals surface area contributed by atoms with Crippen molar-refractivity contribution in [1.29, 1.82) is 0 Å². The van der Waals surface area contributed by atoms with Crippen molar-refractivity contribution in [1.82, 2.24) is 5.32 Å². The highest BCUT2D eigenvalue weighted by atomic mass is 79.9. The highest BCUT2D eigenvalue weighted by Gasteiger charge is 2.31. The molecule has 17 heavy (non-hydrogen) atoms. The van der Waals surface area contributed by atoms with Gasteiger partial charge in [0.15, 0.2) is 0 Å². The van der Waals surface area contributed by atoms with Crippen LogP contribution in [0.4, 0.5) is 0 Å². The molecule has 3 nitrogen and oxygen atoms in total. The summed E-state index contributed by atoms with van der Waals surface area (Å²) in [5.74, 6) is 0.0684. The second kappa shape index (κ2) is 5.50. The van der Waals surface area contributed by atoms with Gasteiger partial charge in [-0.15, -0.1) is 11.3 Å². The summed E-state index contributed by atoms with van der Waals surface area (Å²) < 4.78 is 1.09. The third-order valence-electron chi connectivity index (χ3n) is 3.20. The molecule has 0 unspecified atom stereocenters. The van der Waals surface area contributed by atoms with E-state index in [-0.39, 0.29) is 11.4 Å². The second-order valence-corrected chi connectivity index (χ2v) is 7.28. The smallest absolute Gasteiger partial charge is 0.222 e. The molecule has 0 saturated heterocycles. The number of carbonyl (C=O) groups excluding carboxylic acids is 1. The van der Waals surface area contributed by atoms with Gasteiger partial charge in [0.1, 0.15) is 0 Å². The van der Waals surface area contributed by atoms with E-state index < -0.39 is 0 Å². The van der Waals surface area contributed by atoms with Crippen LogP contribution in [0.3, 0.4) is 0 Å². The zero-order valence-electron chi connectivity index (χ0n) is 9.67. The van der Waals surface area contributed by atoms with Gasteiger partial charge in [-0.2, -0.15) is 0 Å². The Morgan fingerprint density at radius 1 is 1.47 bits per heavy atom. The van der Waals surface area contributed by atoms with Crippen LogP contribution >= 0.6 is 27.3 Å². The fraction of sp³-hybridized carbons (Fsp3) is 0.583. The van der Waals surface area contributed by atoms with Crippen LogP contribution in [0, 0.1) is 0 Å². The number of carbonyl (C=O) groups is 1. The fourth-order valence-electron chi connectivity index (χ4n) is 2.27. The highest BCUT2D eigenvalue weighted by Crippen LogP contribution is 2.30. The Morgan fingerprint density at radius 2 is 2.18 bits per heavy atom. The molecular weight excluding hydrogens is 300 g/mol. The van der Waals surface area contributed by atoms with E-state index in [4.69, 9.17) is 5.73 Å². The molecule has 1 aliphatic rings. The summed E-state index contributed by atoms with van der Waals surface area (Å²) in [6, 6.07) is 4.01. The molecule has 0 bridgehead atoms. The summed E-state index contributed by atoms with van der Waals surface area (Å²) in [5.41, 5.74) is 5.92. The van der Waals surface area contributed by atoms with Gasteiger partial charge in [-0.25, -0.2) is 0 Å². The molecular formula is C12H17BrN2OS. The molecule has 1 fully saturated rings. The summed E-state index contributed by atoms with van der Waals surface area (Å²) in [5, 5.41) is 2.94. The molecule has 0 aromatic carbocycles. The lowest BCUT2D eigenvalue weighted by atomic mass is 9.94. The number of thiophene rings is 1. The fourth-order valence-corrected chi connectivity index (χ4v) is 3.69. The van der Waals surface area contributed by atoms with Gasteiger partial charge in [-0.05, 0) is 40.9 Å². The Kier molecular flexibility index (Phi) is 4.22. The van der Waals surface area contributed by atoms with Crippen LogP contribution in [0.1, 0.15) is 37.0 Å². The average molecular weight is 317 g/mol. The monoisotopic (exact) mass is 316 g/mol. The van der Waals surface area contributed by atoms with E-state index in [1.165, 1.54) is 0 Å². The van der Waals surface area contributed by atoms with Crippen molar-refractivity contribution in [3.63, 3.8) is 0 Å². The number of hydrogen-bond donors (Lipinski definition) is 2. The first-order chi connectivity index (χ1) is 8.07. The standard InChI is InChI=1S/C12H17BrN2OS/c13-10-4-3-9(17-10)8-15-11(16)7-12(14)5-1-2-6-12/h3-4H,1-2,5-8,14H2,(H,15,16). The lowest BCUT2D eigenvalue weighted by molar-refractivity contribution is -0.122. The van der Waals surface area contributed by atoms with E-state index in [1.807, 2.05) is 12.1 Å². The number of halogens is 1. The van der Waals surface area contributed by atoms with Crippen molar-refractivity contribution in [3.05, 3.63) is 20.8 Å². The molecule has 3 N–H and O–H groups in total. The topological polar surface area (TPSA) is 55.1 Å². The van der Waals surface area contributed by atoms with Crippen molar-refractivity contribution < 1.29 is 4.79 Å². The number of rotatable bonds is 4. The van der Waals surface area contributed by atoms with Crippen LogP contribution in [0.2, 0.25) is 0 Å². The predicted octanol–water partition coefficient (Wildman–Crippen LogP) is 2.79. The lowest BCUT2D eigenvalue weighted by Gasteiger charge is -2.22. The SMILES string of the molecule is NC1(CC(=O)NCc2ccc(Br)s2)CCCC1. The van der Waals surface area contributed by atoms with Crippen LogP contribution in [0.25, 0.3) is 0 Å². The summed E-state index contributed by atoms with van der Waals surface area (Å²) in [4.78, 5) is 12.9. The molecule has 0 aliphatic heterocycles. The molecule has 0 radical (unpaired) electrons. The van der Waals surface area contributed by atoms with Gasteiger partial charge in [-0.1, -0.05) is 12.8 Å². The van der Waals surface area contributed by atoms with Crippen LogP contribution < -0.4 is 11.1 Å². The van der Waals surface area contributed by atoms with Gasteiger partial charge in [0.2, 0.25) is 5.91 Å². The highest BCUT2D eigenvalue weighted by molar-refractivity contribution is 9.11. The Labute approximate surface area is 114 Å². The zero-order chi connectivity index (χ0) is 12.3. The van der Waals surface area contributed by atoms with Crippen LogP contribution in [-0.2, 0) is 11.3 Å². The molecule has 1 aromatic heterocycles. The lowest BCUT2D eigenvalue weighted by Crippen LogP contribution is -2.41. The maximum absolute atomic E-state index is 11.8. The minimum absolute atomic E-state index is 0.0684. The predicted molar refractivity (Wildman–Crippen MR) is 73.9 cm³/mol. The van der Waals surface area contributed by atoms with Crippen molar-refractivity contribution >= 4 is 33.2 Å². The van der Waals surface area contributed by atoms with Gasteiger partial charge in [0.25, 0.3) is 0 Å². The molecule has 1 amide bonds. The third-order valence-corrected chi connectivity index (χ3v) is 4.82. The molecule has 1 heterocycles. The Hall–Kier alpha value is -0.390.